The fourth-order valence-corrected chi connectivity index (χ4v) is 3.34. The van der Waals surface area contributed by atoms with Gasteiger partial charge in [0.25, 0.3) is 0 Å². The van der Waals surface area contributed by atoms with E-state index < -0.39 is 0 Å². The fraction of sp³-hybridized carbons (Fsp3) is 0.474. The molecular weight excluding hydrogens is 316 g/mol. The minimum Gasteiger partial charge on any atom is -0.492 e. The lowest BCUT2D eigenvalue weighted by molar-refractivity contribution is 0.170. The maximum Gasteiger partial charge on any atom is 0.119 e. The number of likely N-dealkylation sites (tertiary alicyclic amines) is 1. The highest BCUT2D eigenvalue weighted by atomic mass is 16.5. The van der Waals surface area contributed by atoms with E-state index >= 15 is 0 Å². The van der Waals surface area contributed by atoms with Crippen LogP contribution in [0.2, 0.25) is 0 Å². The van der Waals surface area contributed by atoms with Crippen molar-refractivity contribution in [2.75, 3.05) is 32.8 Å². The second-order valence-electron chi connectivity index (χ2n) is 6.30. The number of benzene rings is 1. The van der Waals surface area contributed by atoms with Gasteiger partial charge in [-0.05, 0) is 56.3 Å². The van der Waals surface area contributed by atoms with Gasteiger partial charge in [-0.25, -0.2) is 0 Å². The van der Waals surface area contributed by atoms with Crippen LogP contribution in [0.3, 0.4) is 0 Å². The number of aromatic nitrogens is 2. The van der Waals surface area contributed by atoms with E-state index in [1.165, 1.54) is 5.69 Å². The second-order valence-corrected chi connectivity index (χ2v) is 6.30. The molecule has 1 saturated heterocycles. The minimum absolute atomic E-state index is 0.125. The monoisotopic (exact) mass is 340 g/mol. The van der Waals surface area contributed by atoms with Crippen LogP contribution in [0, 0.1) is 11.3 Å². The van der Waals surface area contributed by atoms with Gasteiger partial charge in [0.1, 0.15) is 12.4 Å². The molecule has 1 aromatic heterocycles. The Bertz CT molecular complexity index is 697. The van der Waals surface area contributed by atoms with Crippen molar-refractivity contribution in [1.82, 2.24) is 14.7 Å². The van der Waals surface area contributed by atoms with Crippen molar-refractivity contribution in [3.8, 4) is 11.8 Å². The third-order valence-corrected chi connectivity index (χ3v) is 4.73. The second kappa shape index (κ2) is 8.65. The molecule has 1 N–H and O–H groups in total. The number of nitriles is 1. The first kappa shape index (κ1) is 17.5. The molecule has 1 fully saturated rings. The summed E-state index contributed by atoms with van der Waals surface area (Å²) in [6.07, 6.45) is 4.03. The molecule has 1 aliphatic rings. The van der Waals surface area contributed by atoms with Gasteiger partial charge in [0.15, 0.2) is 0 Å². The van der Waals surface area contributed by atoms with Gasteiger partial charge in [-0.2, -0.15) is 10.4 Å². The molecule has 1 aliphatic heterocycles. The molecule has 0 bridgehead atoms. The molecule has 0 atom stereocenters. The van der Waals surface area contributed by atoms with Crippen molar-refractivity contribution in [3.05, 3.63) is 47.8 Å². The Morgan fingerprint density at radius 3 is 2.60 bits per heavy atom. The number of nitrogens with zero attached hydrogens (tertiary/aromatic N) is 4. The van der Waals surface area contributed by atoms with Crippen molar-refractivity contribution in [1.29, 1.82) is 5.26 Å². The number of rotatable bonds is 7. The number of hydrogen-bond donors (Lipinski definition) is 1. The number of hydrogen-bond acceptors (Lipinski definition) is 5. The van der Waals surface area contributed by atoms with Gasteiger partial charge in [0.2, 0.25) is 0 Å². The van der Waals surface area contributed by atoms with Crippen molar-refractivity contribution < 1.29 is 9.84 Å². The summed E-state index contributed by atoms with van der Waals surface area (Å²) in [6, 6.07) is 11.4. The van der Waals surface area contributed by atoms with E-state index in [-0.39, 0.29) is 6.61 Å². The number of aliphatic hydroxyl groups is 1. The van der Waals surface area contributed by atoms with Crippen LogP contribution in [0.4, 0.5) is 0 Å². The van der Waals surface area contributed by atoms with Crippen LogP contribution >= 0.6 is 0 Å². The molecule has 0 amide bonds. The summed E-state index contributed by atoms with van der Waals surface area (Å²) in [5, 5.41) is 22.2. The van der Waals surface area contributed by atoms with E-state index in [4.69, 9.17) is 15.1 Å². The average Bonchev–Trinajstić information content (AvgIpc) is 3.11. The van der Waals surface area contributed by atoms with Gasteiger partial charge in [-0.3, -0.25) is 9.58 Å². The Morgan fingerprint density at radius 2 is 1.92 bits per heavy atom. The highest BCUT2D eigenvalue weighted by molar-refractivity contribution is 5.34. The Hall–Kier alpha value is -2.36. The zero-order chi connectivity index (χ0) is 17.5. The van der Waals surface area contributed by atoms with Crippen LogP contribution in [0.15, 0.2) is 36.5 Å². The Balaban J connectivity index is 1.41. The molecule has 3 rings (SSSR count). The van der Waals surface area contributed by atoms with Crippen LogP contribution in [-0.4, -0.2) is 52.6 Å². The molecule has 0 unspecified atom stereocenters. The van der Waals surface area contributed by atoms with Crippen molar-refractivity contribution in [3.63, 3.8) is 0 Å². The lowest BCUT2D eigenvalue weighted by Crippen LogP contribution is -2.36. The highest BCUT2D eigenvalue weighted by Crippen LogP contribution is 2.27. The van der Waals surface area contributed by atoms with E-state index in [9.17, 15) is 0 Å². The number of ether oxygens (including phenoxy) is 1. The SMILES string of the molecule is N#Cc1ccc(OCCN2CCC(c3ccnn3CCO)CC2)cc1. The Labute approximate surface area is 148 Å². The molecule has 0 saturated carbocycles. The van der Waals surface area contributed by atoms with Crippen LogP contribution in [0.1, 0.15) is 30.0 Å². The van der Waals surface area contributed by atoms with E-state index in [1.54, 1.807) is 12.1 Å². The van der Waals surface area contributed by atoms with Crippen LogP contribution in [0.5, 0.6) is 5.75 Å². The molecule has 2 aromatic rings. The topological polar surface area (TPSA) is 74.3 Å². The van der Waals surface area contributed by atoms with Crippen molar-refractivity contribution in [2.45, 2.75) is 25.3 Å². The van der Waals surface area contributed by atoms with Gasteiger partial charge in [0.05, 0.1) is 24.8 Å². The van der Waals surface area contributed by atoms with Crippen LogP contribution in [-0.2, 0) is 6.54 Å². The predicted molar refractivity (Wildman–Crippen MR) is 94.4 cm³/mol. The third kappa shape index (κ3) is 4.59. The van der Waals surface area contributed by atoms with E-state index in [2.05, 4.69) is 22.1 Å². The normalized spacial score (nSPS) is 15.8. The summed E-state index contributed by atoms with van der Waals surface area (Å²) in [7, 11) is 0. The van der Waals surface area contributed by atoms with Gasteiger partial charge >= 0.3 is 0 Å². The van der Waals surface area contributed by atoms with Crippen molar-refractivity contribution in [2.24, 2.45) is 0 Å². The van der Waals surface area contributed by atoms with Crippen LogP contribution < -0.4 is 4.74 Å². The molecular formula is C19H24N4O2. The molecule has 0 radical (unpaired) electrons. The third-order valence-electron chi connectivity index (χ3n) is 4.73. The quantitative estimate of drug-likeness (QED) is 0.834. The maximum atomic E-state index is 9.12. The average molecular weight is 340 g/mol. The molecule has 132 valence electrons. The summed E-state index contributed by atoms with van der Waals surface area (Å²) in [5.74, 6) is 1.33. The fourth-order valence-electron chi connectivity index (χ4n) is 3.34. The smallest absolute Gasteiger partial charge is 0.119 e. The number of piperidine rings is 1. The van der Waals surface area contributed by atoms with Gasteiger partial charge in [-0.15, -0.1) is 0 Å². The summed E-state index contributed by atoms with van der Waals surface area (Å²) < 4.78 is 7.69. The lowest BCUT2D eigenvalue weighted by Gasteiger charge is -2.32. The summed E-state index contributed by atoms with van der Waals surface area (Å²) in [4.78, 5) is 2.42. The van der Waals surface area contributed by atoms with E-state index in [0.29, 0.717) is 24.6 Å². The largest absolute Gasteiger partial charge is 0.492 e. The molecule has 0 aliphatic carbocycles. The zero-order valence-corrected chi connectivity index (χ0v) is 14.3. The maximum absolute atomic E-state index is 9.12. The molecule has 25 heavy (non-hydrogen) atoms. The van der Waals surface area contributed by atoms with E-state index in [1.807, 2.05) is 23.0 Å². The number of aliphatic hydroxyl groups excluding tert-OH is 1. The highest BCUT2D eigenvalue weighted by Gasteiger charge is 2.22. The van der Waals surface area contributed by atoms with E-state index in [0.717, 1.165) is 38.2 Å². The first-order valence-electron chi connectivity index (χ1n) is 8.78. The summed E-state index contributed by atoms with van der Waals surface area (Å²) >= 11 is 0. The van der Waals surface area contributed by atoms with Gasteiger partial charge in [0, 0.05) is 24.4 Å². The van der Waals surface area contributed by atoms with Crippen molar-refractivity contribution >= 4 is 0 Å². The first-order chi connectivity index (χ1) is 12.3. The minimum atomic E-state index is 0.125. The van der Waals surface area contributed by atoms with Gasteiger partial charge < -0.3 is 9.84 Å². The summed E-state index contributed by atoms with van der Waals surface area (Å²) in [5.41, 5.74) is 1.89. The summed E-state index contributed by atoms with van der Waals surface area (Å²) in [6.45, 7) is 4.35. The predicted octanol–water partition coefficient (Wildman–Crippen LogP) is 2.01. The zero-order valence-electron chi connectivity index (χ0n) is 14.3. The molecule has 1 aromatic carbocycles. The molecule has 2 heterocycles. The standard InChI is InChI=1S/C19H24N4O2/c20-15-16-1-3-18(4-2-16)25-14-12-22-9-6-17(7-10-22)19-5-8-21-23(19)11-13-24/h1-5,8,17,24H,6-7,9-14H2. The Kier molecular flexibility index (Phi) is 6.04. The van der Waals surface area contributed by atoms with Gasteiger partial charge in [-0.1, -0.05) is 0 Å². The lowest BCUT2D eigenvalue weighted by atomic mass is 9.93. The van der Waals surface area contributed by atoms with Crippen LogP contribution in [0.25, 0.3) is 0 Å². The molecule has 6 nitrogen and oxygen atoms in total. The molecule has 0 spiro atoms. The first-order valence-corrected chi connectivity index (χ1v) is 8.78. The Morgan fingerprint density at radius 1 is 1.16 bits per heavy atom. The molecule has 6 heteroatoms.